The van der Waals surface area contributed by atoms with Gasteiger partial charge in [-0.1, -0.05) is 25.0 Å². The Morgan fingerprint density at radius 1 is 0.879 bits per heavy atom. The number of amides is 4. The van der Waals surface area contributed by atoms with Crippen LogP contribution in [0.25, 0.3) is 11.0 Å². The second kappa shape index (κ2) is 16.1. The summed E-state index contributed by atoms with van der Waals surface area (Å²) in [7, 11) is 3.57. The number of aromatic nitrogens is 4. The third kappa shape index (κ3) is 7.78. The number of imide groups is 1. The van der Waals surface area contributed by atoms with Gasteiger partial charge >= 0.3 is 0 Å². The number of likely N-dealkylation sites (tertiary alicyclic amines) is 1. The minimum Gasteiger partial charge on any atom is -0.370 e. The monoisotopic (exact) mass is 786 g/mol. The Morgan fingerprint density at radius 3 is 2.38 bits per heavy atom. The van der Waals surface area contributed by atoms with Gasteiger partial charge in [0, 0.05) is 69.9 Å². The molecule has 9 rings (SSSR count). The summed E-state index contributed by atoms with van der Waals surface area (Å²) in [5, 5.41) is 6.56. The number of nitrogens with zero attached hydrogens (tertiary/aromatic N) is 8. The minimum absolute atomic E-state index is 0.0186. The molecule has 4 fully saturated rings. The zero-order valence-corrected chi connectivity index (χ0v) is 33.7. The molecule has 3 aromatic heterocycles. The number of carbonyl (C=O) groups is 4. The lowest BCUT2D eigenvalue weighted by molar-refractivity contribution is -0.136. The predicted octanol–water partition coefficient (Wildman–Crippen LogP) is 5.32. The molecule has 3 saturated heterocycles. The van der Waals surface area contributed by atoms with E-state index in [9.17, 15) is 19.2 Å². The standard InChI is InChI=1S/C44H54N10O4/c1-50(2)43(58)37-23-31-24-46-44(49-40(31)54(37)33-5-3-4-6-33)47-38-11-8-34(25-45-38)52-19-15-29(16-20-52)26-51-17-13-28(14-18-51)21-30-7-9-35-32(22-30)27-53(42(35)57)36-10-12-39(55)48-41(36)56/h7-9,11,22-25,28-29,33,36H,3-6,10,12-21,26-27H2,1-2H3,(H,48,55,56)(H,45,46,47,49). The van der Waals surface area contributed by atoms with Crippen molar-refractivity contribution in [3.8, 4) is 0 Å². The number of anilines is 3. The van der Waals surface area contributed by atoms with E-state index in [4.69, 9.17) is 9.97 Å². The van der Waals surface area contributed by atoms with Crippen LogP contribution in [0.1, 0.15) is 102 Å². The van der Waals surface area contributed by atoms with E-state index in [-0.39, 0.29) is 36.1 Å². The van der Waals surface area contributed by atoms with E-state index in [0.29, 0.717) is 47.8 Å². The maximum atomic E-state index is 13.1. The Balaban J connectivity index is 0.736. The number of fused-ring (bicyclic) bond motifs is 2. The average molecular weight is 787 g/mol. The molecular formula is C44H54N10O4. The van der Waals surface area contributed by atoms with Crippen molar-refractivity contribution in [1.29, 1.82) is 0 Å². The number of benzene rings is 1. The van der Waals surface area contributed by atoms with Gasteiger partial charge in [0.1, 0.15) is 23.2 Å². The minimum atomic E-state index is -0.577. The Hall–Kier alpha value is -5.37. The fourth-order valence-electron chi connectivity index (χ4n) is 9.96. The van der Waals surface area contributed by atoms with Crippen LogP contribution in [-0.2, 0) is 22.6 Å². The molecule has 4 aliphatic heterocycles. The summed E-state index contributed by atoms with van der Waals surface area (Å²) in [5.41, 5.74) is 5.51. The Bertz CT molecular complexity index is 2200. The highest BCUT2D eigenvalue weighted by Gasteiger charge is 2.39. The van der Waals surface area contributed by atoms with Gasteiger partial charge in [0.25, 0.3) is 11.8 Å². The molecule has 58 heavy (non-hydrogen) atoms. The Kier molecular flexibility index (Phi) is 10.6. The first-order valence-electron chi connectivity index (χ1n) is 21.2. The first kappa shape index (κ1) is 38.2. The molecule has 4 aromatic rings. The maximum Gasteiger partial charge on any atom is 0.270 e. The molecule has 1 saturated carbocycles. The molecule has 304 valence electrons. The van der Waals surface area contributed by atoms with Crippen molar-refractivity contribution in [2.75, 3.05) is 57.0 Å². The number of rotatable bonds is 10. The second-order valence-electron chi connectivity index (χ2n) is 17.3. The molecule has 1 aliphatic carbocycles. The molecule has 4 amide bonds. The number of hydrogen-bond acceptors (Lipinski definition) is 10. The van der Waals surface area contributed by atoms with Gasteiger partial charge in [0.05, 0.1) is 11.9 Å². The molecule has 2 N–H and O–H groups in total. The van der Waals surface area contributed by atoms with Crippen LogP contribution in [0.5, 0.6) is 0 Å². The summed E-state index contributed by atoms with van der Waals surface area (Å²) in [6.45, 7) is 5.85. The van der Waals surface area contributed by atoms with Crippen LogP contribution in [-0.4, -0.2) is 111 Å². The lowest BCUT2D eigenvalue weighted by atomic mass is 9.88. The highest BCUT2D eigenvalue weighted by Crippen LogP contribution is 2.36. The van der Waals surface area contributed by atoms with Crippen LogP contribution >= 0.6 is 0 Å². The highest BCUT2D eigenvalue weighted by molar-refractivity contribution is 6.05. The van der Waals surface area contributed by atoms with E-state index < -0.39 is 6.04 Å². The topological polar surface area (TPSA) is 149 Å². The van der Waals surface area contributed by atoms with Crippen molar-refractivity contribution in [2.24, 2.45) is 11.8 Å². The van der Waals surface area contributed by atoms with Crippen LogP contribution in [0.4, 0.5) is 17.5 Å². The van der Waals surface area contributed by atoms with Crippen LogP contribution in [0.15, 0.2) is 48.8 Å². The average Bonchev–Trinajstić information content (AvgIpc) is 3.97. The normalized spacial score (nSPS) is 21.2. The Labute approximate surface area is 339 Å². The van der Waals surface area contributed by atoms with E-state index in [2.05, 4.69) is 48.2 Å². The smallest absolute Gasteiger partial charge is 0.270 e. The summed E-state index contributed by atoms with van der Waals surface area (Å²) < 4.78 is 2.13. The molecule has 14 nitrogen and oxygen atoms in total. The van der Waals surface area contributed by atoms with Gasteiger partial charge in [-0.3, -0.25) is 24.5 Å². The van der Waals surface area contributed by atoms with E-state index in [1.54, 1.807) is 30.1 Å². The number of carbonyl (C=O) groups excluding carboxylic acids is 4. The summed E-state index contributed by atoms with van der Waals surface area (Å²) in [5.74, 6) is 1.70. The van der Waals surface area contributed by atoms with Crippen molar-refractivity contribution in [3.63, 3.8) is 0 Å². The van der Waals surface area contributed by atoms with E-state index in [1.165, 1.54) is 18.4 Å². The molecule has 0 spiro atoms. The van der Waals surface area contributed by atoms with Gasteiger partial charge in [0.15, 0.2) is 0 Å². The fraction of sp³-hybridized carbons (Fsp3) is 0.523. The molecule has 5 aliphatic rings. The SMILES string of the molecule is CN(C)C(=O)c1cc2cnc(Nc3ccc(N4CCC(CN5CCC(Cc6ccc7c(c6)CN(C6CCC(=O)NC6=O)C7=O)CC5)CC4)cn3)nc2n1C1CCCC1. The van der Waals surface area contributed by atoms with Crippen molar-refractivity contribution in [1.82, 2.24) is 39.5 Å². The molecule has 1 unspecified atom stereocenters. The first-order valence-corrected chi connectivity index (χ1v) is 21.2. The Morgan fingerprint density at radius 2 is 1.66 bits per heavy atom. The summed E-state index contributed by atoms with van der Waals surface area (Å²) in [6, 6.07) is 11.9. The van der Waals surface area contributed by atoms with Crippen molar-refractivity contribution in [3.05, 3.63) is 71.2 Å². The van der Waals surface area contributed by atoms with Crippen LogP contribution in [0.2, 0.25) is 0 Å². The summed E-state index contributed by atoms with van der Waals surface area (Å²) in [4.78, 5) is 72.8. The van der Waals surface area contributed by atoms with Gasteiger partial charge in [-0.2, -0.15) is 4.98 Å². The lowest BCUT2D eigenvalue weighted by Gasteiger charge is -2.38. The van der Waals surface area contributed by atoms with E-state index in [0.717, 1.165) is 100.0 Å². The third-order valence-electron chi connectivity index (χ3n) is 13.2. The van der Waals surface area contributed by atoms with E-state index in [1.807, 2.05) is 24.4 Å². The molecule has 0 bridgehead atoms. The third-order valence-corrected chi connectivity index (χ3v) is 13.2. The first-order chi connectivity index (χ1) is 28.2. The van der Waals surface area contributed by atoms with Gasteiger partial charge in [-0.15, -0.1) is 0 Å². The van der Waals surface area contributed by atoms with Crippen molar-refractivity contribution >= 4 is 52.1 Å². The van der Waals surface area contributed by atoms with E-state index >= 15 is 0 Å². The molecule has 1 atom stereocenters. The zero-order valence-electron chi connectivity index (χ0n) is 33.7. The van der Waals surface area contributed by atoms with Gasteiger partial charge < -0.3 is 29.5 Å². The summed E-state index contributed by atoms with van der Waals surface area (Å²) >= 11 is 0. The molecular weight excluding hydrogens is 733 g/mol. The van der Waals surface area contributed by atoms with Crippen LogP contribution in [0.3, 0.4) is 0 Å². The lowest BCUT2D eigenvalue weighted by Crippen LogP contribution is -2.52. The molecule has 14 heteroatoms. The predicted molar refractivity (Wildman–Crippen MR) is 221 cm³/mol. The number of pyridine rings is 1. The van der Waals surface area contributed by atoms with Gasteiger partial charge in [0.2, 0.25) is 17.8 Å². The van der Waals surface area contributed by atoms with Crippen molar-refractivity contribution in [2.45, 2.75) is 89.3 Å². The number of piperidine rings is 3. The largest absolute Gasteiger partial charge is 0.370 e. The van der Waals surface area contributed by atoms with Crippen molar-refractivity contribution < 1.29 is 19.2 Å². The second-order valence-corrected chi connectivity index (χ2v) is 17.3. The van der Waals surface area contributed by atoms with Gasteiger partial charge in [-0.05, 0) is 112 Å². The molecule has 7 heterocycles. The highest BCUT2D eigenvalue weighted by atomic mass is 16.2. The fourth-order valence-corrected chi connectivity index (χ4v) is 9.96. The van der Waals surface area contributed by atoms with Crippen LogP contribution < -0.4 is 15.5 Å². The zero-order chi connectivity index (χ0) is 39.9. The van der Waals surface area contributed by atoms with Gasteiger partial charge in [-0.25, -0.2) is 9.97 Å². The van der Waals surface area contributed by atoms with Crippen LogP contribution in [0, 0.1) is 11.8 Å². The number of nitrogens with one attached hydrogen (secondary N) is 2. The number of hydrogen-bond donors (Lipinski definition) is 2. The quantitative estimate of drug-likeness (QED) is 0.203. The molecule has 0 radical (unpaired) electrons. The maximum absolute atomic E-state index is 13.1. The molecule has 1 aromatic carbocycles. The summed E-state index contributed by atoms with van der Waals surface area (Å²) in [6.07, 6.45) is 14.5.